The second-order valence-electron chi connectivity index (χ2n) is 5.60. The summed E-state index contributed by atoms with van der Waals surface area (Å²) in [5.74, 6) is -5.14. The van der Waals surface area contributed by atoms with Crippen molar-refractivity contribution >= 4 is 45.0 Å². The molecular weight excluding hydrogens is 487 g/mol. The van der Waals surface area contributed by atoms with Crippen LogP contribution >= 0.6 is 0 Å². The molecule has 8 nitrogen and oxygen atoms in total. The van der Waals surface area contributed by atoms with Crippen LogP contribution in [0.15, 0.2) is 24.3 Å². The smallest absolute Gasteiger partial charge is 0.0643 e. The van der Waals surface area contributed by atoms with E-state index >= 15 is 0 Å². The average molecular weight is 518 g/mol. The van der Waals surface area contributed by atoms with E-state index < -0.39 is 23.9 Å². The Morgan fingerprint density at radius 1 is 0.690 bits per heavy atom. The number of carboxylic acid groups (broad SMARTS) is 3. The maximum absolute atomic E-state index is 10.6. The van der Waals surface area contributed by atoms with Gasteiger partial charge in [0.05, 0.1) is 24.5 Å². The zero-order valence-electron chi connectivity index (χ0n) is 17.4. The van der Waals surface area contributed by atoms with E-state index in [1.165, 1.54) is 25.7 Å². The fourth-order valence-corrected chi connectivity index (χ4v) is 5.52. The molecule has 0 saturated heterocycles. The number of hydrogen-bond acceptors (Lipinski definition) is 8. The fourth-order valence-electron chi connectivity index (χ4n) is 1.37. The van der Waals surface area contributed by atoms with Crippen LogP contribution in [0.2, 0.25) is 8.87 Å². The molecule has 0 aliphatic rings. The molecule has 0 aromatic heterocycles. The molecule has 0 heterocycles. The van der Waals surface area contributed by atoms with Gasteiger partial charge in [-0.05, 0) is 24.6 Å². The zero-order chi connectivity index (χ0) is 22.9. The normalized spacial score (nSPS) is 9.90. The van der Waals surface area contributed by atoms with E-state index in [4.69, 9.17) is 0 Å². The van der Waals surface area contributed by atoms with Gasteiger partial charge in [-0.2, -0.15) is 0 Å². The molecule has 0 aromatic carbocycles. The van der Waals surface area contributed by atoms with Crippen molar-refractivity contribution in [2.75, 3.05) is 6.61 Å². The van der Waals surface area contributed by atoms with E-state index in [9.17, 15) is 34.5 Å². The second kappa shape index (κ2) is 26.2. The van der Waals surface area contributed by atoms with Crippen LogP contribution in [0.1, 0.15) is 59.3 Å². The molecule has 5 radical (unpaired) electrons. The molecule has 0 fully saturated rings. The first-order valence-electron chi connectivity index (χ1n) is 9.57. The van der Waals surface area contributed by atoms with Gasteiger partial charge in [-0.15, -0.1) is 0 Å². The van der Waals surface area contributed by atoms with Crippen molar-refractivity contribution in [2.24, 2.45) is 0 Å². The summed E-state index contributed by atoms with van der Waals surface area (Å²) in [7, 11) is 0. The Hall–Kier alpha value is -1.84. The van der Waals surface area contributed by atoms with Gasteiger partial charge in [-0.25, -0.2) is 4.79 Å². The maximum Gasteiger partial charge on any atom is 0.0643 e. The van der Waals surface area contributed by atoms with Crippen LogP contribution in [-0.4, -0.2) is 51.6 Å². The van der Waals surface area contributed by atoms with Gasteiger partial charge in [0.2, 0.25) is 0 Å². The van der Waals surface area contributed by atoms with Gasteiger partial charge >= 0.3 is 75.5 Å². The Morgan fingerprint density at radius 2 is 1.07 bits per heavy atom. The minimum atomic E-state index is -1.55. The van der Waals surface area contributed by atoms with E-state index in [2.05, 4.69) is 18.6 Å². The van der Waals surface area contributed by atoms with Crippen molar-refractivity contribution < 1.29 is 39.2 Å². The predicted molar refractivity (Wildman–Crippen MR) is 104 cm³/mol. The fraction of sp³-hybridized carbons (Fsp3) is 0.600. The third-order valence-electron chi connectivity index (χ3n) is 2.87. The number of rotatable bonds is 13. The third kappa shape index (κ3) is 41.6. The number of unbranched alkanes of at least 4 members (excludes halogenated alkanes) is 3. The number of aliphatic carboxylic acids is 3. The Bertz CT molecular complexity index is 479. The summed E-state index contributed by atoms with van der Waals surface area (Å²) in [6.07, 6.45) is 9.80. The first-order chi connectivity index (χ1) is 13.7. The molecule has 0 atom stereocenters. The van der Waals surface area contributed by atoms with Crippen LogP contribution in [0.4, 0.5) is 0 Å². The zero-order valence-corrected chi connectivity index (χ0v) is 20.3. The first-order valence-corrected chi connectivity index (χ1v) is 13.6. The van der Waals surface area contributed by atoms with Crippen molar-refractivity contribution in [3.05, 3.63) is 24.3 Å². The number of carbonyl (C=O) groups is 4. The van der Waals surface area contributed by atoms with Gasteiger partial charge in [0.25, 0.3) is 0 Å². The van der Waals surface area contributed by atoms with E-state index in [1.54, 1.807) is 8.87 Å². The SMILES string of the molecule is CCCCOC(=O)/C=C\C(=O)[O-].CCC[CH2][Sn+3][CH2]CCC.O=C([O-])/C=C\C(=O)[O-]. The van der Waals surface area contributed by atoms with Crippen molar-refractivity contribution in [2.45, 2.75) is 68.2 Å². The van der Waals surface area contributed by atoms with Crippen LogP contribution in [0, 0.1) is 0 Å². The van der Waals surface area contributed by atoms with E-state index in [1.807, 2.05) is 6.92 Å². The summed E-state index contributed by atoms with van der Waals surface area (Å²) in [5.41, 5.74) is 0. The number of carboxylic acids is 3. The summed E-state index contributed by atoms with van der Waals surface area (Å²) in [6.45, 7) is 6.87. The van der Waals surface area contributed by atoms with Gasteiger partial charge in [0.1, 0.15) is 0 Å². The topological polar surface area (TPSA) is 147 Å². The molecule has 0 unspecified atom stereocenters. The quantitative estimate of drug-likeness (QED) is 0.141. The van der Waals surface area contributed by atoms with Gasteiger partial charge in [0.15, 0.2) is 0 Å². The minimum Gasteiger partial charge on any atom is -0.545 e. The van der Waals surface area contributed by atoms with Crippen molar-refractivity contribution in [3.63, 3.8) is 0 Å². The largest absolute Gasteiger partial charge is 0.545 e. The van der Waals surface area contributed by atoms with Crippen molar-refractivity contribution in [3.8, 4) is 0 Å². The minimum absolute atomic E-state index is 0.149. The molecule has 29 heavy (non-hydrogen) atoms. The van der Waals surface area contributed by atoms with Crippen LogP contribution < -0.4 is 15.3 Å². The molecule has 0 N–H and O–H groups in total. The Morgan fingerprint density at radius 3 is 1.41 bits per heavy atom. The summed E-state index contributed by atoms with van der Waals surface area (Å²) in [6, 6.07) is 0. The summed E-state index contributed by atoms with van der Waals surface area (Å²) >= 11 is 0.149. The summed E-state index contributed by atoms with van der Waals surface area (Å²) in [4.78, 5) is 39.3. The van der Waals surface area contributed by atoms with Gasteiger partial charge in [-0.1, -0.05) is 13.3 Å². The molecule has 0 aromatic rings. The first kappa shape index (κ1) is 31.8. The monoisotopic (exact) mass is 519 g/mol. The molecule has 163 valence electrons. The number of esters is 1. The molecule has 0 saturated carbocycles. The average Bonchev–Trinajstić information content (AvgIpc) is 2.66. The van der Waals surface area contributed by atoms with Crippen LogP contribution in [0.25, 0.3) is 0 Å². The van der Waals surface area contributed by atoms with Crippen molar-refractivity contribution in [1.29, 1.82) is 0 Å². The van der Waals surface area contributed by atoms with Gasteiger partial charge in [-0.3, -0.25) is 0 Å². The summed E-state index contributed by atoms with van der Waals surface area (Å²) < 4.78 is 7.87. The molecule has 0 aliphatic carbocycles. The molecule has 0 amide bonds. The van der Waals surface area contributed by atoms with Gasteiger partial charge < -0.3 is 34.4 Å². The maximum atomic E-state index is 10.6. The standard InChI is InChI=1S/C8H12O4.C4H4O4.2C4H9.Sn/c1-2-3-6-12-8(11)5-4-7(9)10;5-3(6)1-2-4(7)8;2*1-3-4-2;/h4-5H,2-3,6H2,1H3,(H,9,10);1-2H,(H,5,6)(H,7,8);2*1,3-4H2,2H3;/q;;;;+3/p-3/b5-4-;2-1-;;;. The van der Waals surface area contributed by atoms with E-state index in [0.717, 1.165) is 18.9 Å². The molecular formula is C20H31O8Sn. The Kier molecular flexibility index (Phi) is 28.7. The summed E-state index contributed by atoms with van der Waals surface area (Å²) in [5, 5.41) is 28.7. The van der Waals surface area contributed by atoms with Crippen LogP contribution in [-0.2, 0) is 23.9 Å². The second-order valence-corrected chi connectivity index (χ2v) is 9.88. The van der Waals surface area contributed by atoms with Crippen molar-refractivity contribution in [1.82, 2.24) is 0 Å². The Labute approximate surface area is 183 Å². The molecule has 0 rings (SSSR count). The third-order valence-corrected chi connectivity index (χ3v) is 6.90. The number of hydrogen-bond donors (Lipinski definition) is 0. The predicted octanol–water partition coefficient (Wildman–Crippen LogP) is -0.194. The molecule has 9 heteroatoms. The van der Waals surface area contributed by atoms with Crippen LogP contribution in [0.5, 0.6) is 0 Å². The van der Waals surface area contributed by atoms with E-state index in [-0.39, 0.29) is 21.1 Å². The van der Waals surface area contributed by atoms with Gasteiger partial charge in [0, 0.05) is 6.08 Å². The van der Waals surface area contributed by atoms with E-state index in [0.29, 0.717) is 24.8 Å². The molecule has 0 aliphatic heterocycles. The van der Waals surface area contributed by atoms with Crippen LogP contribution in [0.3, 0.4) is 0 Å². The molecule has 0 spiro atoms. The Balaban J connectivity index is -0.000000359. The number of ether oxygens (including phenoxy) is 1. The number of carbonyl (C=O) groups excluding carboxylic acids is 4. The molecule has 0 bridgehead atoms.